The Morgan fingerprint density at radius 1 is 1.35 bits per heavy atom. The number of esters is 1. The van der Waals surface area contributed by atoms with Crippen LogP contribution in [0.1, 0.15) is 37.2 Å². The summed E-state index contributed by atoms with van der Waals surface area (Å²) in [4.78, 5) is 15.0. The number of fused-ring (bicyclic) bond motifs is 2. The number of carbonyl (C=O) groups is 1. The van der Waals surface area contributed by atoms with Gasteiger partial charge in [0.05, 0.1) is 19.2 Å². The third kappa shape index (κ3) is 3.55. The number of nitrogens with zero attached hydrogens (tertiary/aromatic N) is 1. The second-order valence-corrected chi connectivity index (χ2v) is 7.84. The van der Waals surface area contributed by atoms with Crippen LogP contribution in [0, 0.1) is 9.49 Å². The molecule has 0 aromatic heterocycles. The molecule has 5 heteroatoms. The Balaban J connectivity index is 1.83. The molecule has 4 atom stereocenters. The van der Waals surface area contributed by atoms with E-state index in [4.69, 9.17) is 4.74 Å². The van der Waals surface area contributed by atoms with Crippen molar-refractivity contribution in [2.24, 2.45) is 5.92 Å². The van der Waals surface area contributed by atoms with E-state index in [0.717, 1.165) is 19.3 Å². The van der Waals surface area contributed by atoms with Gasteiger partial charge in [-0.2, -0.15) is 0 Å². The highest BCUT2D eigenvalue weighted by molar-refractivity contribution is 14.1. The van der Waals surface area contributed by atoms with E-state index in [2.05, 4.69) is 58.8 Å². The van der Waals surface area contributed by atoms with Gasteiger partial charge in [0, 0.05) is 28.0 Å². The third-order valence-electron chi connectivity index (χ3n) is 5.36. The van der Waals surface area contributed by atoms with Gasteiger partial charge in [0.15, 0.2) is 0 Å². The monoisotopic (exact) mass is 431 g/mol. The van der Waals surface area contributed by atoms with Crippen molar-refractivity contribution < 1.29 is 13.9 Å². The Morgan fingerprint density at radius 3 is 2.78 bits per heavy atom. The fourth-order valence-corrected chi connectivity index (χ4v) is 4.52. The first-order valence-electron chi connectivity index (χ1n) is 8.32. The lowest BCUT2D eigenvalue weighted by molar-refractivity contribution is -0.153. The molecule has 1 aromatic rings. The average Bonchev–Trinajstić information content (AvgIpc) is 2.78. The number of piperidine rings is 1. The molecule has 0 aliphatic carbocycles. The zero-order valence-electron chi connectivity index (χ0n) is 13.4. The van der Waals surface area contributed by atoms with E-state index >= 15 is 0 Å². The van der Waals surface area contributed by atoms with Crippen LogP contribution in [0.5, 0.6) is 0 Å². The Kier molecular flexibility index (Phi) is 5.57. The first kappa shape index (κ1) is 17.1. The van der Waals surface area contributed by atoms with Gasteiger partial charge >= 0.3 is 5.97 Å². The molecule has 0 amide bonds. The number of carbonyl (C=O) groups excluding carboxylic acids is 1. The molecule has 2 aliphatic heterocycles. The highest BCUT2D eigenvalue weighted by atomic mass is 127. The number of benzene rings is 1. The van der Waals surface area contributed by atoms with Gasteiger partial charge in [0.2, 0.25) is 0 Å². The number of hydrogen-bond donors (Lipinski definition) is 0. The maximum absolute atomic E-state index is 12.7. The van der Waals surface area contributed by atoms with E-state index in [1.807, 2.05) is 0 Å². The number of ether oxygens (including phenoxy) is 1. The molecular formula is C18H23FINO2. The van der Waals surface area contributed by atoms with Gasteiger partial charge < -0.3 is 4.74 Å². The first-order chi connectivity index (χ1) is 11.1. The molecule has 2 saturated heterocycles. The molecule has 1 unspecified atom stereocenters. The van der Waals surface area contributed by atoms with Gasteiger partial charge in [0.25, 0.3) is 0 Å². The summed E-state index contributed by atoms with van der Waals surface area (Å²) in [5.74, 6) is -0.0869. The number of alkyl halides is 1. The fourth-order valence-electron chi connectivity index (χ4n) is 4.16. The highest BCUT2D eigenvalue weighted by Gasteiger charge is 2.49. The summed E-state index contributed by atoms with van der Waals surface area (Å²) in [6.07, 6.45) is 3.48. The molecule has 0 radical (unpaired) electrons. The molecule has 3 nitrogen and oxygen atoms in total. The van der Waals surface area contributed by atoms with Crippen molar-refractivity contribution in [2.75, 3.05) is 20.3 Å². The van der Waals surface area contributed by atoms with Crippen molar-refractivity contribution in [3.63, 3.8) is 0 Å². The molecular weight excluding hydrogens is 408 g/mol. The van der Waals surface area contributed by atoms with Crippen molar-refractivity contribution in [1.29, 1.82) is 0 Å². The lowest BCUT2D eigenvalue weighted by atomic mass is 9.76. The molecule has 1 aromatic carbocycles. The summed E-state index contributed by atoms with van der Waals surface area (Å²) < 4.78 is 18.9. The van der Waals surface area contributed by atoms with Crippen LogP contribution in [0.2, 0.25) is 0 Å². The fraction of sp³-hybridized carbons (Fsp3) is 0.611. The molecule has 0 N–H and O–H groups in total. The van der Waals surface area contributed by atoms with Crippen LogP contribution in [0.4, 0.5) is 4.39 Å². The van der Waals surface area contributed by atoms with Gasteiger partial charge in [-0.05, 0) is 66.6 Å². The van der Waals surface area contributed by atoms with E-state index in [1.54, 1.807) is 0 Å². The number of halogens is 2. The quantitative estimate of drug-likeness (QED) is 0.404. The summed E-state index contributed by atoms with van der Waals surface area (Å²) in [5.41, 5.74) is 1.22. The SMILES string of the molecule is CN1[C@H]2CC[C@@H]1C(C(=O)OCCCF)[C@@H](c1ccc(I)cc1)C2. The summed E-state index contributed by atoms with van der Waals surface area (Å²) in [6.45, 7) is -0.255. The van der Waals surface area contributed by atoms with Crippen LogP contribution >= 0.6 is 22.6 Å². The lowest BCUT2D eigenvalue weighted by Crippen LogP contribution is -2.49. The van der Waals surface area contributed by atoms with Crippen LogP contribution in [-0.2, 0) is 9.53 Å². The normalized spacial score (nSPS) is 30.4. The Bertz CT molecular complexity index is 550. The zero-order valence-corrected chi connectivity index (χ0v) is 15.5. The van der Waals surface area contributed by atoms with E-state index in [9.17, 15) is 9.18 Å². The summed E-state index contributed by atoms with van der Waals surface area (Å²) in [5, 5.41) is 0. The highest BCUT2D eigenvalue weighted by Crippen LogP contribution is 2.46. The van der Waals surface area contributed by atoms with Gasteiger partial charge in [-0.25, -0.2) is 0 Å². The second-order valence-electron chi connectivity index (χ2n) is 6.59. The summed E-state index contributed by atoms with van der Waals surface area (Å²) in [7, 11) is 2.12. The molecule has 23 heavy (non-hydrogen) atoms. The van der Waals surface area contributed by atoms with Crippen molar-refractivity contribution in [3.05, 3.63) is 33.4 Å². The standard InChI is InChI=1S/C18H23FINO2/c1-21-14-7-8-16(21)17(18(22)23-10-2-9-19)15(11-14)12-3-5-13(20)6-4-12/h3-6,14-17H,2,7-11H2,1H3/t14-,15+,16+,17?/m0/s1. The van der Waals surface area contributed by atoms with Gasteiger partial charge in [-0.15, -0.1) is 0 Å². The van der Waals surface area contributed by atoms with Gasteiger partial charge in [-0.3, -0.25) is 14.1 Å². The van der Waals surface area contributed by atoms with Gasteiger partial charge in [-0.1, -0.05) is 12.1 Å². The topological polar surface area (TPSA) is 29.5 Å². The molecule has 126 valence electrons. The minimum atomic E-state index is -0.441. The minimum absolute atomic E-state index is 0.140. The Labute approximate surface area is 150 Å². The average molecular weight is 431 g/mol. The summed E-state index contributed by atoms with van der Waals surface area (Å²) >= 11 is 2.30. The minimum Gasteiger partial charge on any atom is -0.465 e. The molecule has 3 rings (SSSR count). The first-order valence-corrected chi connectivity index (χ1v) is 9.39. The third-order valence-corrected chi connectivity index (χ3v) is 6.08. The van der Waals surface area contributed by atoms with E-state index < -0.39 is 6.67 Å². The predicted molar refractivity (Wildman–Crippen MR) is 96.1 cm³/mol. The Hall–Kier alpha value is -0.690. The van der Waals surface area contributed by atoms with Crippen LogP contribution in [-0.4, -0.2) is 43.3 Å². The van der Waals surface area contributed by atoms with Crippen LogP contribution in [0.25, 0.3) is 0 Å². The van der Waals surface area contributed by atoms with Crippen molar-refractivity contribution >= 4 is 28.6 Å². The van der Waals surface area contributed by atoms with Crippen LogP contribution in [0.3, 0.4) is 0 Å². The lowest BCUT2D eigenvalue weighted by Gasteiger charge is -2.42. The number of rotatable bonds is 5. The molecule has 2 fully saturated rings. The second kappa shape index (κ2) is 7.47. The molecule has 2 bridgehead atoms. The molecule has 2 aliphatic rings. The zero-order chi connectivity index (χ0) is 16.4. The van der Waals surface area contributed by atoms with Crippen LogP contribution in [0.15, 0.2) is 24.3 Å². The maximum Gasteiger partial charge on any atom is 0.311 e. The summed E-state index contributed by atoms with van der Waals surface area (Å²) in [6, 6.07) is 9.27. The van der Waals surface area contributed by atoms with Crippen molar-refractivity contribution in [2.45, 2.75) is 43.7 Å². The maximum atomic E-state index is 12.7. The van der Waals surface area contributed by atoms with E-state index in [-0.39, 0.29) is 36.9 Å². The largest absolute Gasteiger partial charge is 0.465 e. The van der Waals surface area contributed by atoms with Gasteiger partial charge in [0.1, 0.15) is 0 Å². The molecule has 0 saturated carbocycles. The van der Waals surface area contributed by atoms with Crippen molar-refractivity contribution in [3.8, 4) is 0 Å². The van der Waals surface area contributed by atoms with Crippen LogP contribution < -0.4 is 0 Å². The molecule has 0 spiro atoms. The smallest absolute Gasteiger partial charge is 0.311 e. The van der Waals surface area contributed by atoms with E-state index in [1.165, 1.54) is 9.13 Å². The molecule has 2 heterocycles. The van der Waals surface area contributed by atoms with E-state index in [0.29, 0.717) is 6.04 Å². The Morgan fingerprint density at radius 2 is 2.09 bits per heavy atom. The number of hydrogen-bond acceptors (Lipinski definition) is 3. The van der Waals surface area contributed by atoms with Crippen molar-refractivity contribution in [1.82, 2.24) is 4.90 Å². The predicted octanol–water partition coefficient (Wildman–Crippen LogP) is 3.76.